The lowest BCUT2D eigenvalue weighted by Crippen LogP contribution is -2.54. The standard InChI is InChI=1S/C31H40N2O3/c1-5-31(35)18-15-27-25-12-11-23-19-24(13-16-29(23,3)26(25)14-17-30(27,31)4)33-36-20-28(34)32-21(2)22-9-7-6-8-10-22/h1,6-10,19,21,25-27,35H,11-18,20H2,2-4H3,(H,32,34)/t21-,25-,26-,27+,29-,30-,31+/m1/s1. The van der Waals surface area contributed by atoms with Gasteiger partial charge in [-0.25, -0.2) is 0 Å². The van der Waals surface area contributed by atoms with Gasteiger partial charge in [-0.3, -0.25) is 4.79 Å². The van der Waals surface area contributed by atoms with E-state index in [2.05, 4.69) is 36.3 Å². The first kappa shape index (κ1) is 25.1. The number of oxime groups is 1. The van der Waals surface area contributed by atoms with E-state index in [-0.39, 0.29) is 29.4 Å². The predicted molar refractivity (Wildman–Crippen MR) is 142 cm³/mol. The summed E-state index contributed by atoms with van der Waals surface area (Å²) in [5, 5.41) is 18.5. The SMILES string of the molecule is C#C[C@]1(O)CC[C@H]2[C@@H]3CCC4=CC(=NOCC(=O)N[C@H](C)c5ccccc5)CC[C@@]4(C)[C@@H]3CC[C@]21C. The Labute approximate surface area is 215 Å². The molecule has 0 aromatic heterocycles. The molecule has 0 saturated heterocycles. The molecular weight excluding hydrogens is 448 g/mol. The van der Waals surface area contributed by atoms with Crippen molar-refractivity contribution in [3.63, 3.8) is 0 Å². The van der Waals surface area contributed by atoms with Gasteiger partial charge in [-0.15, -0.1) is 6.42 Å². The Morgan fingerprint density at radius 1 is 1.17 bits per heavy atom. The molecule has 4 aliphatic carbocycles. The largest absolute Gasteiger partial charge is 0.385 e. The zero-order valence-electron chi connectivity index (χ0n) is 21.9. The van der Waals surface area contributed by atoms with Gasteiger partial charge in [0.25, 0.3) is 5.91 Å². The van der Waals surface area contributed by atoms with Crippen LogP contribution >= 0.6 is 0 Å². The number of carbonyl (C=O) groups excluding carboxylic acids is 1. The van der Waals surface area contributed by atoms with Crippen molar-refractivity contribution in [1.82, 2.24) is 5.32 Å². The van der Waals surface area contributed by atoms with Crippen molar-refractivity contribution in [3.05, 3.63) is 47.5 Å². The fourth-order valence-corrected chi connectivity index (χ4v) is 8.18. The molecule has 0 spiro atoms. The lowest BCUT2D eigenvalue weighted by atomic mass is 9.46. The van der Waals surface area contributed by atoms with Gasteiger partial charge in [-0.2, -0.15) is 0 Å². The van der Waals surface area contributed by atoms with Gasteiger partial charge in [0.05, 0.1) is 11.8 Å². The van der Waals surface area contributed by atoms with Crippen molar-refractivity contribution < 1.29 is 14.7 Å². The number of rotatable bonds is 5. The number of hydrogen-bond acceptors (Lipinski definition) is 4. The van der Waals surface area contributed by atoms with E-state index < -0.39 is 5.60 Å². The molecule has 0 heterocycles. The number of amides is 1. The first-order chi connectivity index (χ1) is 17.2. The van der Waals surface area contributed by atoms with Crippen molar-refractivity contribution in [2.24, 2.45) is 33.7 Å². The summed E-state index contributed by atoms with van der Waals surface area (Å²) in [4.78, 5) is 17.8. The van der Waals surface area contributed by atoms with E-state index in [4.69, 9.17) is 11.3 Å². The van der Waals surface area contributed by atoms with E-state index in [1.165, 1.54) is 5.57 Å². The molecule has 1 aromatic rings. The molecule has 2 N–H and O–H groups in total. The van der Waals surface area contributed by atoms with E-state index in [1.807, 2.05) is 37.3 Å². The summed E-state index contributed by atoms with van der Waals surface area (Å²) in [5.74, 6) is 4.37. The van der Waals surface area contributed by atoms with E-state index in [9.17, 15) is 9.90 Å². The number of carbonyl (C=O) groups is 1. The molecular formula is C31H40N2O3. The maximum Gasteiger partial charge on any atom is 0.261 e. The molecule has 0 bridgehead atoms. The number of allylic oxidation sites excluding steroid dienone is 2. The lowest BCUT2D eigenvalue weighted by molar-refractivity contribution is -0.126. The van der Waals surface area contributed by atoms with Crippen LogP contribution in [0.25, 0.3) is 0 Å². The van der Waals surface area contributed by atoms with E-state index in [1.54, 1.807) is 0 Å². The zero-order valence-corrected chi connectivity index (χ0v) is 21.9. The summed E-state index contributed by atoms with van der Waals surface area (Å²) in [6.45, 7) is 6.57. The zero-order chi connectivity index (χ0) is 25.6. The van der Waals surface area contributed by atoms with Crippen LogP contribution in [0.1, 0.15) is 83.7 Å². The van der Waals surface area contributed by atoms with Crippen LogP contribution in [0.15, 0.2) is 47.1 Å². The first-order valence-corrected chi connectivity index (χ1v) is 13.6. The highest BCUT2D eigenvalue weighted by Crippen LogP contribution is 2.67. The quantitative estimate of drug-likeness (QED) is 0.421. The highest BCUT2D eigenvalue weighted by molar-refractivity contribution is 5.96. The van der Waals surface area contributed by atoms with Crippen molar-refractivity contribution in [2.45, 2.75) is 83.8 Å². The average molecular weight is 489 g/mol. The van der Waals surface area contributed by atoms with Gasteiger partial charge in [-0.1, -0.05) is 60.8 Å². The Bertz CT molecular complexity index is 1100. The number of nitrogens with one attached hydrogen (secondary N) is 1. The third-order valence-electron chi connectivity index (χ3n) is 10.4. The molecule has 0 aliphatic heterocycles. The summed E-state index contributed by atoms with van der Waals surface area (Å²) in [6.07, 6.45) is 16.1. The molecule has 4 aliphatic rings. The Balaban J connectivity index is 1.21. The molecule has 7 atom stereocenters. The number of hydrogen-bond donors (Lipinski definition) is 2. The third kappa shape index (κ3) is 4.08. The van der Waals surface area contributed by atoms with Crippen LogP contribution < -0.4 is 5.32 Å². The monoisotopic (exact) mass is 488 g/mol. The Morgan fingerprint density at radius 3 is 2.67 bits per heavy atom. The Morgan fingerprint density at radius 2 is 1.92 bits per heavy atom. The van der Waals surface area contributed by atoms with Crippen molar-refractivity contribution >= 4 is 11.6 Å². The summed E-state index contributed by atoms with van der Waals surface area (Å²) >= 11 is 0. The number of benzene rings is 1. The summed E-state index contributed by atoms with van der Waals surface area (Å²) in [7, 11) is 0. The maximum absolute atomic E-state index is 12.3. The van der Waals surface area contributed by atoms with Crippen LogP contribution in [0.4, 0.5) is 0 Å². The molecule has 0 unspecified atom stereocenters. The molecule has 1 aromatic carbocycles. The van der Waals surface area contributed by atoms with Gasteiger partial charge in [0.15, 0.2) is 6.61 Å². The van der Waals surface area contributed by atoms with Crippen molar-refractivity contribution in [3.8, 4) is 12.3 Å². The van der Waals surface area contributed by atoms with E-state index in [0.29, 0.717) is 17.8 Å². The Kier molecular flexibility index (Phi) is 6.53. The lowest BCUT2D eigenvalue weighted by Gasteiger charge is -2.58. The molecule has 5 rings (SSSR count). The highest BCUT2D eigenvalue weighted by atomic mass is 16.6. The van der Waals surface area contributed by atoms with Crippen LogP contribution in [-0.4, -0.2) is 28.9 Å². The minimum absolute atomic E-state index is 0.0727. The fourth-order valence-electron chi connectivity index (χ4n) is 8.18. The van der Waals surface area contributed by atoms with Crippen molar-refractivity contribution in [2.75, 3.05) is 6.61 Å². The fraction of sp³-hybridized carbons (Fsp3) is 0.613. The molecule has 5 nitrogen and oxygen atoms in total. The third-order valence-corrected chi connectivity index (χ3v) is 10.4. The minimum Gasteiger partial charge on any atom is -0.385 e. The normalized spacial score (nSPS) is 39.1. The summed E-state index contributed by atoms with van der Waals surface area (Å²) in [5.41, 5.74) is 2.54. The second-order valence-electron chi connectivity index (χ2n) is 12.1. The van der Waals surface area contributed by atoms with Gasteiger partial charge in [0.2, 0.25) is 0 Å². The number of aliphatic hydroxyl groups is 1. The van der Waals surface area contributed by atoms with Gasteiger partial charge in [0, 0.05) is 5.41 Å². The van der Waals surface area contributed by atoms with Crippen molar-refractivity contribution in [1.29, 1.82) is 0 Å². The molecule has 0 radical (unpaired) electrons. The van der Waals surface area contributed by atoms with Crippen LogP contribution in [0.5, 0.6) is 0 Å². The van der Waals surface area contributed by atoms with E-state index in [0.717, 1.165) is 62.6 Å². The first-order valence-electron chi connectivity index (χ1n) is 13.6. The van der Waals surface area contributed by atoms with Gasteiger partial charge in [-0.05, 0) is 93.1 Å². The molecule has 1 amide bonds. The topological polar surface area (TPSA) is 70.9 Å². The molecule has 3 saturated carbocycles. The van der Waals surface area contributed by atoms with Crippen LogP contribution in [-0.2, 0) is 9.63 Å². The Hall–Kier alpha value is -2.58. The smallest absolute Gasteiger partial charge is 0.261 e. The van der Waals surface area contributed by atoms with Gasteiger partial charge >= 0.3 is 0 Å². The van der Waals surface area contributed by atoms with Crippen LogP contribution in [0, 0.1) is 40.9 Å². The average Bonchev–Trinajstić information content (AvgIpc) is 3.15. The van der Waals surface area contributed by atoms with Gasteiger partial charge in [0.1, 0.15) is 5.60 Å². The highest BCUT2D eigenvalue weighted by Gasteiger charge is 2.63. The van der Waals surface area contributed by atoms with Crippen LogP contribution in [0.3, 0.4) is 0 Å². The molecule has 3 fully saturated rings. The van der Waals surface area contributed by atoms with Gasteiger partial charge < -0.3 is 15.3 Å². The summed E-state index contributed by atoms with van der Waals surface area (Å²) < 4.78 is 0. The van der Waals surface area contributed by atoms with E-state index >= 15 is 0 Å². The molecule has 192 valence electrons. The maximum atomic E-state index is 12.3. The number of nitrogens with zero attached hydrogens (tertiary/aromatic N) is 1. The minimum atomic E-state index is -0.950. The summed E-state index contributed by atoms with van der Waals surface area (Å²) in [6, 6.07) is 9.83. The second-order valence-corrected chi connectivity index (χ2v) is 12.1. The molecule has 5 heteroatoms. The van der Waals surface area contributed by atoms with Crippen LogP contribution in [0.2, 0.25) is 0 Å². The number of terminal acetylenes is 1. The molecule has 36 heavy (non-hydrogen) atoms. The number of fused-ring (bicyclic) bond motifs is 5. The second kappa shape index (κ2) is 9.38. The predicted octanol–water partition coefficient (Wildman–Crippen LogP) is 5.56.